The first-order valence-corrected chi connectivity index (χ1v) is 12.9. The number of carbonyl (C=O) groups is 2. The highest BCUT2D eigenvalue weighted by Crippen LogP contribution is 2.40. The third kappa shape index (κ3) is 5.58. The number of rotatable bonds is 7. The molecule has 0 atom stereocenters. The number of aryl methyl sites for hydroxylation is 1. The van der Waals surface area contributed by atoms with Gasteiger partial charge in [0.25, 0.3) is 0 Å². The molecule has 0 radical (unpaired) electrons. The Balaban J connectivity index is 1.09. The van der Waals surface area contributed by atoms with E-state index in [1.807, 2.05) is 58.3 Å². The van der Waals surface area contributed by atoms with E-state index >= 15 is 0 Å². The van der Waals surface area contributed by atoms with E-state index in [0.717, 1.165) is 43.7 Å². The molecule has 1 spiro atoms. The maximum atomic E-state index is 13.0. The number of para-hydroxylation sites is 2. The molecule has 3 heterocycles. The molecule has 3 amide bonds. The minimum atomic E-state index is -0.121. The van der Waals surface area contributed by atoms with Crippen LogP contribution >= 0.6 is 0 Å². The van der Waals surface area contributed by atoms with E-state index in [-0.39, 0.29) is 17.4 Å². The summed E-state index contributed by atoms with van der Waals surface area (Å²) >= 11 is 0. The molecular weight excluding hydrogens is 486 g/mol. The fourth-order valence-electron chi connectivity index (χ4n) is 5.27. The van der Waals surface area contributed by atoms with Crippen LogP contribution in [0.5, 0.6) is 11.5 Å². The number of ether oxygens (including phenoxy) is 2. The number of amides is 3. The van der Waals surface area contributed by atoms with Crippen LogP contribution in [-0.4, -0.2) is 72.3 Å². The standard InChI is InChI=1S/C28H33N5O5/c1-36-21-9-7-20(8-10-21)26-30-24(38-31-26)11-12-25(34)33-18-15-28(19-33)13-16-32(17-14-28)27(35)29-22-5-3-4-6-23(22)37-2/h3-10H,11-19H2,1-2H3,(H,29,35). The summed E-state index contributed by atoms with van der Waals surface area (Å²) in [5.74, 6) is 2.44. The Hall–Kier alpha value is -4.08. The van der Waals surface area contributed by atoms with Crippen LogP contribution in [0.4, 0.5) is 10.5 Å². The van der Waals surface area contributed by atoms with E-state index in [0.29, 0.717) is 49.1 Å². The molecule has 3 aromatic rings. The molecule has 38 heavy (non-hydrogen) atoms. The highest BCUT2D eigenvalue weighted by atomic mass is 16.5. The number of aromatic nitrogens is 2. The van der Waals surface area contributed by atoms with Crippen LogP contribution in [0.1, 0.15) is 31.6 Å². The molecule has 0 unspecified atom stereocenters. The van der Waals surface area contributed by atoms with Gasteiger partial charge in [-0.15, -0.1) is 0 Å². The molecule has 2 aliphatic rings. The molecule has 0 saturated carbocycles. The van der Waals surface area contributed by atoms with Crippen molar-refractivity contribution in [3.63, 3.8) is 0 Å². The quantitative estimate of drug-likeness (QED) is 0.497. The number of nitrogens with zero attached hydrogens (tertiary/aromatic N) is 4. The highest BCUT2D eigenvalue weighted by molar-refractivity contribution is 5.91. The molecule has 5 rings (SSSR count). The molecule has 0 bridgehead atoms. The van der Waals surface area contributed by atoms with Gasteiger partial charge >= 0.3 is 6.03 Å². The van der Waals surface area contributed by atoms with Crippen LogP contribution < -0.4 is 14.8 Å². The first kappa shape index (κ1) is 25.6. The highest BCUT2D eigenvalue weighted by Gasteiger charge is 2.42. The third-order valence-corrected chi connectivity index (χ3v) is 7.62. The Morgan fingerprint density at radius 1 is 0.974 bits per heavy atom. The zero-order valence-corrected chi connectivity index (χ0v) is 21.8. The van der Waals surface area contributed by atoms with E-state index in [1.165, 1.54) is 0 Å². The van der Waals surface area contributed by atoms with Crippen molar-refractivity contribution >= 4 is 17.6 Å². The summed E-state index contributed by atoms with van der Waals surface area (Å²) in [7, 11) is 3.21. The van der Waals surface area contributed by atoms with Crippen molar-refractivity contribution in [1.29, 1.82) is 0 Å². The lowest BCUT2D eigenvalue weighted by Crippen LogP contribution is -2.46. The number of hydrogen-bond acceptors (Lipinski definition) is 7. The van der Waals surface area contributed by atoms with Crippen LogP contribution in [0.3, 0.4) is 0 Å². The monoisotopic (exact) mass is 519 g/mol. The van der Waals surface area contributed by atoms with Gasteiger partial charge in [0, 0.05) is 44.6 Å². The average molecular weight is 520 g/mol. The Bertz CT molecular complexity index is 1270. The summed E-state index contributed by atoms with van der Waals surface area (Å²) in [6.45, 7) is 2.81. The van der Waals surface area contributed by atoms with Crippen LogP contribution in [0.2, 0.25) is 0 Å². The molecule has 0 aliphatic carbocycles. The van der Waals surface area contributed by atoms with Gasteiger partial charge in [-0.05, 0) is 61.1 Å². The number of methoxy groups -OCH3 is 2. The maximum Gasteiger partial charge on any atom is 0.321 e. The van der Waals surface area contributed by atoms with Gasteiger partial charge in [-0.1, -0.05) is 17.3 Å². The Morgan fingerprint density at radius 3 is 2.39 bits per heavy atom. The number of hydrogen-bond donors (Lipinski definition) is 1. The molecule has 2 saturated heterocycles. The second-order valence-electron chi connectivity index (χ2n) is 9.92. The van der Waals surface area contributed by atoms with Gasteiger partial charge in [-0.2, -0.15) is 4.98 Å². The predicted molar refractivity (Wildman–Crippen MR) is 141 cm³/mol. The van der Waals surface area contributed by atoms with Gasteiger partial charge in [-0.25, -0.2) is 4.79 Å². The maximum absolute atomic E-state index is 13.0. The molecule has 1 N–H and O–H groups in total. The number of anilines is 1. The number of urea groups is 1. The second-order valence-corrected chi connectivity index (χ2v) is 9.92. The summed E-state index contributed by atoms with van der Waals surface area (Å²) in [5, 5.41) is 7.01. The smallest absolute Gasteiger partial charge is 0.321 e. The summed E-state index contributed by atoms with van der Waals surface area (Å²) in [4.78, 5) is 34.0. The summed E-state index contributed by atoms with van der Waals surface area (Å²) in [6.07, 6.45) is 3.45. The van der Waals surface area contributed by atoms with Crippen molar-refractivity contribution in [1.82, 2.24) is 19.9 Å². The predicted octanol–water partition coefficient (Wildman–Crippen LogP) is 4.23. The van der Waals surface area contributed by atoms with Crippen LogP contribution in [-0.2, 0) is 11.2 Å². The van der Waals surface area contributed by atoms with Gasteiger partial charge in [0.1, 0.15) is 11.5 Å². The average Bonchev–Trinajstić information content (AvgIpc) is 3.60. The summed E-state index contributed by atoms with van der Waals surface area (Å²) < 4.78 is 15.9. The van der Waals surface area contributed by atoms with E-state index < -0.39 is 0 Å². The van der Waals surface area contributed by atoms with Crippen molar-refractivity contribution in [2.45, 2.75) is 32.1 Å². The van der Waals surface area contributed by atoms with Crippen LogP contribution in [0.25, 0.3) is 11.4 Å². The first-order valence-electron chi connectivity index (χ1n) is 12.9. The van der Waals surface area contributed by atoms with E-state index in [4.69, 9.17) is 14.0 Å². The topological polar surface area (TPSA) is 110 Å². The molecule has 2 aromatic carbocycles. The normalized spacial score (nSPS) is 16.5. The van der Waals surface area contributed by atoms with Gasteiger partial charge < -0.3 is 29.1 Å². The molecular formula is C28H33N5O5. The molecule has 2 aliphatic heterocycles. The minimum absolute atomic E-state index is 0.0723. The number of nitrogens with one attached hydrogen (secondary N) is 1. The van der Waals surface area contributed by atoms with Crippen molar-refractivity contribution in [3.8, 4) is 22.9 Å². The Kier molecular flexibility index (Phi) is 7.48. The van der Waals surface area contributed by atoms with Gasteiger partial charge in [-0.3, -0.25) is 4.79 Å². The number of benzene rings is 2. The fourth-order valence-corrected chi connectivity index (χ4v) is 5.27. The van der Waals surface area contributed by atoms with Gasteiger partial charge in [0.05, 0.1) is 19.9 Å². The molecule has 1 aromatic heterocycles. The van der Waals surface area contributed by atoms with E-state index in [9.17, 15) is 9.59 Å². The Morgan fingerprint density at radius 2 is 1.68 bits per heavy atom. The molecule has 2 fully saturated rings. The Labute approximate surface area is 221 Å². The molecule has 10 nitrogen and oxygen atoms in total. The number of carbonyl (C=O) groups excluding carboxylic acids is 2. The zero-order valence-electron chi connectivity index (χ0n) is 21.8. The lowest BCUT2D eigenvalue weighted by Gasteiger charge is -2.39. The van der Waals surface area contributed by atoms with Gasteiger partial charge in [0.15, 0.2) is 0 Å². The van der Waals surface area contributed by atoms with Crippen molar-refractivity contribution in [2.24, 2.45) is 5.41 Å². The summed E-state index contributed by atoms with van der Waals surface area (Å²) in [5.41, 5.74) is 1.56. The number of piperidine rings is 1. The zero-order chi connectivity index (χ0) is 26.5. The van der Waals surface area contributed by atoms with E-state index in [1.54, 1.807) is 14.2 Å². The van der Waals surface area contributed by atoms with Crippen molar-refractivity contribution < 1.29 is 23.6 Å². The fraction of sp³-hybridized carbons (Fsp3) is 0.429. The molecule has 200 valence electrons. The first-order chi connectivity index (χ1) is 18.5. The molecule has 10 heteroatoms. The van der Waals surface area contributed by atoms with Gasteiger partial charge in [0.2, 0.25) is 17.6 Å². The third-order valence-electron chi connectivity index (χ3n) is 7.62. The summed E-state index contributed by atoms with van der Waals surface area (Å²) in [6, 6.07) is 14.7. The lowest BCUT2D eigenvalue weighted by atomic mass is 9.78. The number of likely N-dealkylation sites (tertiary alicyclic amines) is 2. The second kappa shape index (κ2) is 11.1. The van der Waals surface area contributed by atoms with Crippen molar-refractivity contribution in [3.05, 3.63) is 54.4 Å². The SMILES string of the molecule is COc1ccc(-c2noc(CCC(=O)N3CCC4(CCN(C(=O)Nc5ccccc5OC)CC4)C3)n2)cc1. The largest absolute Gasteiger partial charge is 0.497 e. The van der Waals surface area contributed by atoms with Crippen LogP contribution in [0, 0.1) is 5.41 Å². The van der Waals surface area contributed by atoms with Crippen molar-refractivity contribution in [2.75, 3.05) is 45.7 Å². The minimum Gasteiger partial charge on any atom is -0.497 e. The lowest BCUT2D eigenvalue weighted by molar-refractivity contribution is -0.130. The van der Waals surface area contributed by atoms with Crippen LogP contribution in [0.15, 0.2) is 53.1 Å². The van der Waals surface area contributed by atoms with E-state index in [2.05, 4.69) is 15.5 Å².